The molecule has 4 rings (SSSR count). The lowest BCUT2D eigenvalue weighted by Crippen LogP contribution is -2.52. The summed E-state index contributed by atoms with van der Waals surface area (Å²) in [6.07, 6.45) is 9.66. The molecular weight excluding hydrogens is 366 g/mol. The van der Waals surface area contributed by atoms with Crippen LogP contribution in [0.4, 0.5) is 0 Å². The van der Waals surface area contributed by atoms with Crippen molar-refractivity contribution in [1.29, 1.82) is 0 Å². The second-order valence-corrected chi connectivity index (χ2v) is 8.28. The van der Waals surface area contributed by atoms with Crippen LogP contribution in [-0.4, -0.2) is 55.8 Å². The van der Waals surface area contributed by atoms with E-state index in [9.17, 15) is 9.59 Å². The molecule has 2 aliphatic rings. The molecule has 0 aliphatic carbocycles. The lowest BCUT2D eigenvalue weighted by atomic mass is 9.72. The van der Waals surface area contributed by atoms with Crippen molar-refractivity contribution in [2.75, 3.05) is 19.6 Å². The molecular formula is C22H29N5O2. The van der Waals surface area contributed by atoms with E-state index in [1.807, 2.05) is 38.8 Å². The van der Waals surface area contributed by atoms with Crippen LogP contribution in [0.15, 0.2) is 36.8 Å². The van der Waals surface area contributed by atoms with Crippen molar-refractivity contribution in [3.8, 4) is 0 Å². The Balaban J connectivity index is 1.35. The van der Waals surface area contributed by atoms with E-state index in [-0.39, 0.29) is 17.2 Å². The zero-order chi connectivity index (χ0) is 20.3. The molecule has 154 valence electrons. The number of nitrogens with zero attached hydrogens (tertiary/aromatic N) is 5. The normalized spacial score (nSPS) is 19.0. The number of pyridine rings is 1. The van der Waals surface area contributed by atoms with E-state index in [0.29, 0.717) is 19.5 Å². The van der Waals surface area contributed by atoms with Gasteiger partial charge in [-0.3, -0.25) is 14.6 Å². The molecule has 0 radical (unpaired) electrons. The second-order valence-electron chi connectivity index (χ2n) is 8.28. The molecule has 1 spiro atoms. The molecule has 0 saturated carbocycles. The number of rotatable bonds is 5. The highest BCUT2D eigenvalue weighted by molar-refractivity contribution is 5.77. The van der Waals surface area contributed by atoms with Crippen molar-refractivity contribution in [3.05, 3.63) is 48.3 Å². The predicted octanol–water partition coefficient (Wildman–Crippen LogP) is 2.27. The number of imidazole rings is 1. The Morgan fingerprint density at radius 3 is 2.69 bits per heavy atom. The van der Waals surface area contributed by atoms with E-state index < -0.39 is 0 Å². The van der Waals surface area contributed by atoms with Gasteiger partial charge in [0.05, 0.1) is 12.2 Å². The van der Waals surface area contributed by atoms with E-state index in [2.05, 4.69) is 16.9 Å². The Morgan fingerprint density at radius 1 is 1.14 bits per heavy atom. The molecule has 0 atom stereocenters. The predicted molar refractivity (Wildman–Crippen MR) is 109 cm³/mol. The molecule has 0 bridgehead atoms. The van der Waals surface area contributed by atoms with Crippen LogP contribution in [0.3, 0.4) is 0 Å². The molecule has 7 nitrogen and oxygen atoms in total. The fourth-order valence-electron chi connectivity index (χ4n) is 4.62. The van der Waals surface area contributed by atoms with Gasteiger partial charge in [0.1, 0.15) is 12.4 Å². The van der Waals surface area contributed by atoms with Gasteiger partial charge in [-0.05, 0) is 36.8 Å². The quantitative estimate of drug-likeness (QED) is 0.779. The van der Waals surface area contributed by atoms with Crippen LogP contribution in [0.5, 0.6) is 0 Å². The van der Waals surface area contributed by atoms with Crippen molar-refractivity contribution in [1.82, 2.24) is 24.3 Å². The summed E-state index contributed by atoms with van der Waals surface area (Å²) >= 11 is 0. The zero-order valence-corrected chi connectivity index (χ0v) is 17.1. The largest absolute Gasteiger partial charge is 0.341 e. The van der Waals surface area contributed by atoms with Gasteiger partial charge in [-0.1, -0.05) is 13.0 Å². The highest BCUT2D eigenvalue weighted by atomic mass is 16.2. The molecule has 7 heteroatoms. The number of aryl methyl sites for hydroxylation is 1. The molecule has 2 aromatic heterocycles. The highest BCUT2D eigenvalue weighted by Crippen LogP contribution is 2.40. The minimum Gasteiger partial charge on any atom is -0.341 e. The van der Waals surface area contributed by atoms with Crippen LogP contribution in [0.25, 0.3) is 0 Å². The summed E-state index contributed by atoms with van der Waals surface area (Å²) in [6, 6.07) is 5.82. The van der Waals surface area contributed by atoms with Crippen molar-refractivity contribution in [2.45, 2.75) is 52.1 Å². The lowest BCUT2D eigenvalue weighted by Gasteiger charge is -2.47. The summed E-state index contributed by atoms with van der Waals surface area (Å²) in [6.45, 7) is 5.28. The number of aromatic nitrogens is 3. The lowest BCUT2D eigenvalue weighted by molar-refractivity contribution is -0.143. The number of hydrogen-bond donors (Lipinski definition) is 0. The van der Waals surface area contributed by atoms with Gasteiger partial charge in [0.25, 0.3) is 0 Å². The summed E-state index contributed by atoms with van der Waals surface area (Å²) < 4.78 is 1.95. The van der Waals surface area contributed by atoms with Crippen LogP contribution >= 0.6 is 0 Å². The molecule has 2 saturated heterocycles. The molecule has 2 aliphatic heterocycles. The van der Waals surface area contributed by atoms with Crippen molar-refractivity contribution < 1.29 is 9.59 Å². The molecule has 2 fully saturated rings. The second kappa shape index (κ2) is 8.35. The molecule has 0 aromatic carbocycles. The van der Waals surface area contributed by atoms with Crippen LogP contribution in [0.1, 0.15) is 44.1 Å². The standard InChI is InChI=1S/C22H29N5O2/c1-2-19-24-11-14-26(19)16-21(29)25-12-8-22(9-13-25)7-6-20(28)27(17-22)15-18-5-3-4-10-23-18/h3-5,10-11,14H,2,6-9,12-13,15-17H2,1H3. The molecule has 0 N–H and O–H groups in total. The average molecular weight is 396 g/mol. The maximum absolute atomic E-state index is 12.8. The summed E-state index contributed by atoms with van der Waals surface area (Å²) in [5.41, 5.74) is 1.06. The van der Waals surface area contributed by atoms with E-state index >= 15 is 0 Å². The van der Waals surface area contributed by atoms with Gasteiger partial charge < -0.3 is 14.4 Å². The van der Waals surface area contributed by atoms with E-state index in [1.165, 1.54) is 0 Å². The van der Waals surface area contributed by atoms with Crippen LogP contribution in [0.2, 0.25) is 0 Å². The number of likely N-dealkylation sites (tertiary alicyclic amines) is 2. The minimum absolute atomic E-state index is 0.128. The fraction of sp³-hybridized carbons (Fsp3) is 0.545. The Hall–Kier alpha value is -2.70. The smallest absolute Gasteiger partial charge is 0.242 e. The molecule has 2 amide bonds. The SMILES string of the molecule is CCc1nccn1CC(=O)N1CCC2(CCC(=O)N(Cc3ccccn3)C2)CC1. The van der Waals surface area contributed by atoms with Gasteiger partial charge in [0.15, 0.2) is 0 Å². The Labute approximate surface area is 171 Å². The van der Waals surface area contributed by atoms with Gasteiger partial charge in [0, 0.05) is 51.1 Å². The fourth-order valence-corrected chi connectivity index (χ4v) is 4.62. The monoisotopic (exact) mass is 395 g/mol. The first-order valence-electron chi connectivity index (χ1n) is 10.5. The molecule has 2 aromatic rings. The van der Waals surface area contributed by atoms with Crippen LogP contribution in [-0.2, 0) is 29.1 Å². The maximum Gasteiger partial charge on any atom is 0.242 e. The molecule has 4 heterocycles. The van der Waals surface area contributed by atoms with E-state index in [0.717, 1.165) is 56.8 Å². The van der Waals surface area contributed by atoms with E-state index in [4.69, 9.17) is 0 Å². The number of piperidine rings is 2. The first-order valence-corrected chi connectivity index (χ1v) is 10.5. The number of carbonyl (C=O) groups is 2. The molecule has 29 heavy (non-hydrogen) atoms. The third-order valence-corrected chi connectivity index (χ3v) is 6.43. The summed E-state index contributed by atoms with van der Waals surface area (Å²) in [7, 11) is 0. The first kappa shape index (κ1) is 19.6. The number of hydrogen-bond acceptors (Lipinski definition) is 4. The highest BCUT2D eigenvalue weighted by Gasteiger charge is 2.41. The van der Waals surface area contributed by atoms with Gasteiger partial charge in [0.2, 0.25) is 11.8 Å². The van der Waals surface area contributed by atoms with E-state index in [1.54, 1.807) is 12.4 Å². The maximum atomic E-state index is 12.8. The summed E-state index contributed by atoms with van der Waals surface area (Å²) in [5, 5.41) is 0. The van der Waals surface area contributed by atoms with Crippen LogP contribution in [0, 0.1) is 5.41 Å². The first-order chi connectivity index (χ1) is 14.1. The summed E-state index contributed by atoms with van der Waals surface area (Å²) in [5.74, 6) is 1.32. The summed E-state index contributed by atoms with van der Waals surface area (Å²) in [4.78, 5) is 37.8. The third-order valence-electron chi connectivity index (χ3n) is 6.43. The zero-order valence-electron chi connectivity index (χ0n) is 17.1. The minimum atomic E-state index is 0.128. The number of amides is 2. The van der Waals surface area contributed by atoms with Crippen molar-refractivity contribution >= 4 is 11.8 Å². The Kier molecular flexibility index (Phi) is 5.65. The van der Waals surface area contributed by atoms with Crippen molar-refractivity contribution in [3.63, 3.8) is 0 Å². The number of carbonyl (C=O) groups excluding carboxylic acids is 2. The Morgan fingerprint density at radius 2 is 1.97 bits per heavy atom. The average Bonchev–Trinajstić information content (AvgIpc) is 3.19. The van der Waals surface area contributed by atoms with Gasteiger partial charge in [-0.15, -0.1) is 0 Å². The van der Waals surface area contributed by atoms with Gasteiger partial charge in [-0.2, -0.15) is 0 Å². The van der Waals surface area contributed by atoms with Gasteiger partial charge >= 0.3 is 0 Å². The Bertz CT molecular complexity index is 855. The molecule has 0 unspecified atom stereocenters. The van der Waals surface area contributed by atoms with Crippen LogP contribution < -0.4 is 0 Å². The topological polar surface area (TPSA) is 71.3 Å². The third kappa shape index (κ3) is 4.33. The van der Waals surface area contributed by atoms with Gasteiger partial charge in [-0.25, -0.2) is 4.98 Å². The van der Waals surface area contributed by atoms with Crippen molar-refractivity contribution in [2.24, 2.45) is 5.41 Å².